The first-order valence-electron chi connectivity index (χ1n) is 20.4. The largest absolute Gasteiger partial charge is 0.477 e. The van der Waals surface area contributed by atoms with E-state index in [0.717, 1.165) is 51.4 Å². The van der Waals surface area contributed by atoms with Crippen molar-refractivity contribution in [2.24, 2.45) is 0 Å². The zero-order valence-electron chi connectivity index (χ0n) is 33.1. The molecule has 0 bridgehead atoms. The van der Waals surface area contributed by atoms with E-state index in [2.05, 4.69) is 38.2 Å². The molecule has 2 unspecified atom stereocenters. The molecule has 0 saturated carbocycles. The van der Waals surface area contributed by atoms with Gasteiger partial charge in [0.25, 0.3) is 0 Å². The highest BCUT2D eigenvalue weighted by Crippen LogP contribution is 2.13. The Morgan fingerprint density at radius 3 is 1.52 bits per heavy atom. The summed E-state index contributed by atoms with van der Waals surface area (Å²) in [6.45, 7) is 4.69. The van der Waals surface area contributed by atoms with Gasteiger partial charge in [-0.2, -0.15) is 0 Å². The summed E-state index contributed by atoms with van der Waals surface area (Å²) < 4.78 is 17.2. The minimum absolute atomic E-state index is 0.0536. The molecule has 0 fully saturated rings. The van der Waals surface area contributed by atoms with E-state index in [1.165, 1.54) is 89.9 Å². The number of carboxylic acid groups (broad SMARTS) is 1. The van der Waals surface area contributed by atoms with Crippen LogP contribution in [0.15, 0.2) is 24.3 Å². The van der Waals surface area contributed by atoms with Crippen molar-refractivity contribution in [1.29, 1.82) is 0 Å². The predicted octanol–water partition coefficient (Wildman–Crippen LogP) is 10.5. The van der Waals surface area contributed by atoms with Crippen LogP contribution in [0.3, 0.4) is 0 Å². The lowest BCUT2D eigenvalue weighted by Crippen LogP contribution is -2.50. The topological polar surface area (TPSA) is 99.1 Å². The number of hydrogen-bond acceptors (Lipinski definition) is 6. The molecule has 0 aromatic rings. The Labute approximate surface area is 307 Å². The van der Waals surface area contributed by atoms with Crippen LogP contribution in [0.1, 0.15) is 174 Å². The fraction of sp³-hybridized carbons (Fsp3) is 0.833. The third-order valence-electron chi connectivity index (χ3n) is 9.13. The second kappa shape index (κ2) is 33.9. The molecule has 0 aliphatic heterocycles. The average Bonchev–Trinajstić information content (AvgIpc) is 3.06. The van der Waals surface area contributed by atoms with Crippen LogP contribution < -0.4 is 0 Å². The minimum atomic E-state index is -0.879. The van der Waals surface area contributed by atoms with Crippen molar-refractivity contribution in [1.82, 2.24) is 0 Å². The van der Waals surface area contributed by atoms with Gasteiger partial charge in [0.2, 0.25) is 0 Å². The molecule has 0 radical (unpaired) electrons. The Morgan fingerprint density at radius 1 is 0.600 bits per heavy atom. The van der Waals surface area contributed by atoms with Crippen molar-refractivity contribution in [3.05, 3.63) is 24.3 Å². The number of likely N-dealkylation sites (N-methyl/N-ethyl adjacent to an activating group) is 1. The van der Waals surface area contributed by atoms with E-state index in [0.29, 0.717) is 19.3 Å². The highest BCUT2D eigenvalue weighted by atomic mass is 16.6. The van der Waals surface area contributed by atoms with Gasteiger partial charge in [-0.25, -0.2) is 4.79 Å². The van der Waals surface area contributed by atoms with Gasteiger partial charge in [0.05, 0.1) is 34.4 Å². The van der Waals surface area contributed by atoms with Crippen molar-refractivity contribution in [3.8, 4) is 0 Å². The summed E-state index contributed by atoms with van der Waals surface area (Å²) in [6, 6.07) is -0.615. The van der Waals surface area contributed by atoms with Gasteiger partial charge in [-0.3, -0.25) is 9.59 Å². The summed E-state index contributed by atoms with van der Waals surface area (Å²) in [7, 11) is 5.51. The molecule has 292 valence electrons. The Hall–Kier alpha value is -2.19. The normalized spacial score (nSPS) is 13.2. The van der Waals surface area contributed by atoms with Crippen molar-refractivity contribution in [2.45, 2.75) is 187 Å². The van der Waals surface area contributed by atoms with E-state index in [1.54, 1.807) is 0 Å². The molecule has 8 nitrogen and oxygen atoms in total. The molecular formula is C42H78NO7+. The van der Waals surface area contributed by atoms with Crippen molar-refractivity contribution < 1.29 is 38.2 Å². The smallest absolute Gasteiger partial charge is 0.362 e. The van der Waals surface area contributed by atoms with Gasteiger partial charge in [0.15, 0.2) is 12.1 Å². The zero-order chi connectivity index (χ0) is 37.1. The van der Waals surface area contributed by atoms with E-state index in [-0.39, 0.29) is 36.2 Å². The van der Waals surface area contributed by atoms with E-state index < -0.39 is 18.1 Å². The summed E-state index contributed by atoms with van der Waals surface area (Å²) in [5.41, 5.74) is 0. The average molecular weight is 709 g/mol. The van der Waals surface area contributed by atoms with E-state index in [4.69, 9.17) is 14.2 Å². The summed E-state index contributed by atoms with van der Waals surface area (Å²) in [6.07, 6.45) is 35.0. The van der Waals surface area contributed by atoms with E-state index in [1.807, 2.05) is 21.1 Å². The van der Waals surface area contributed by atoms with Crippen LogP contribution in [0.2, 0.25) is 0 Å². The molecule has 0 aromatic carbocycles. The molecule has 0 rings (SSSR count). The standard InChI is InChI=1S/C42H77NO7/c1-6-8-10-12-14-16-18-19-20-21-22-23-25-27-29-31-33-41(45)50-38(36-48-35-34-39(42(46)47)43(3,4)5)37-49-40(44)32-30-28-26-24-17-15-13-11-9-7-2/h20-23,38-39H,6-19,24-37H2,1-5H3/p+1/b21-20+,23-22+. The van der Waals surface area contributed by atoms with Gasteiger partial charge in [0, 0.05) is 19.3 Å². The van der Waals surface area contributed by atoms with Crippen LogP contribution in [0, 0.1) is 0 Å². The van der Waals surface area contributed by atoms with Crippen LogP contribution in [-0.2, 0) is 28.6 Å². The number of carbonyl (C=O) groups is 3. The molecule has 2 atom stereocenters. The molecule has 0 aromatic heterocycles. The monoisotopic (exact) mass is 709 g/mol. The molecule has 0 spiro atoms. The Kier molecular flexibility index (Phi) is 32.4. The number of quaternary nitrogens is 1. The second-order valence-electron chi connectivity index (χ2n) is 14.9. The van der Waals surface area contributed by atoms with Crippen LogP contribution in [0.25, 0.3) is 0 Å². The van der Waals surface area contributed by atoms with Crippen molar-refractivity contribution >= 4 is 17.9 Å². The molecule has 1 N–H and O–H groups in total. The molecule has 0 heterocycles. The number of esters is 2. The van der Waals surface area contributed by atoms with Gasteiger partial charge < -0.3 is 23.8 Å². The molecule has 0 aliphatic carbocycles. The van der Waals surface area contributed by atoms with Gasteiger partial charge in [-0.15, -0.1) is 0 Å². The fourth-order valence-electron chi connectivity index (χ4n) is 5.90. The number of rotatable bonds is 36. The number of carboxylic acids is 1. The lowest BCUT2D eigenvalue weighted by Gasteiger charge is -2.31. The van der Waals surface area contributed by atoms with Crippen LogP contribution in [0.4, 0.5) is 0 Å². The van der Waals surface area contributed by atoms with Crippen LogP contribution in [-0.4, -0.2) is 80.6 Å². The van der Waals surface area contributed by atoms with Gasteiger partial charge in [0.1, 0.15) is 6.61 Å². The first-order chi connectivity index (χ1) is 24.1. The maximum absolute atomic E-state index is 12.7. The summed E-state index contributed by atoms with van der Waals surface area (Å²) in [5, 5.41) is 9.58. The fourth-order valence-corrected chi connectivity index (χ4v) is 5.90. The maximum Gasteiger partial charge on any atom is 0.362 e. The number of nitrogens with zero attached hydrogens (tertiary/aromatic N) is 1. The van der Waals surface area contributed by atoms with Gasteiger partial charge in [-0.1, -0.05) is 141 Å². The second-order valence-corrected chi connectivity index (χ2v) is 14.9. The van der Waals surface area contributed by atoms with Crippen LogP contribution in [0.5, 0.6) is 0 Å². The quantitative estimate of drug-likeness (QED) is 0.0299. The van der Waals surface area contributed by atoms with Gasteiger partial charge >= 0.3 is 17.9 Å². The molecule has 0 saturated heterocycles. The summed E-state index contributed by atoms with van der Waals surface area (Å²) in [4.78, 5) is 36.8. The third kappa shape index (κ3) is 31.8. The number of carbonyl (C=O) groups excluding carboxylic acids is 2. The number of ether oxygens (including phenoxy) is 3. The molecule has 0 amide bonds. The Balaban J connectivity index is 4.43. The Bertz CT molecular complexity index is 880. The Morgan fingerprint density at radius 2 is 1.04 bits per heavy atom. The molecular weight excluding hydrogens is 630 g/mol. The molecule has 8 heteroatoms. The predicted molar refractivity (Wildman–Crippen MR) is 206 cm³/mol. The van der Waals surface area contributed by atoms with Crippen LogP contribution >= 0.6 is 0 Å². The van der Waals surface area contributed by atoms with E-state index >= 15 is 0 Å². The lowest BCUT2D eigenvalue weighted by molar-refractivity contribution is -0.887. The third-order valence-corrected chi connectivity index (χ3v) is 9.13. The number of aliphatic carboxylic acids is 1. The highest BCUT2D eigenvalue weighted by Gasteiger charge is 2.31. The maximum atomic E-state index is 12.7. The number of hydrogen-bond donors (Lipinski definition) is 1. The first kappa shape index (κ1) is 47.8. The highest BCUT2D eigenvalue weighted by molar-refractivity contribution is 5.72. The minimum Gasteiger partial charge on any atom is -0.477 e. The molecule has 50 heavy (non-hydrogen) atoms. The molecule has 0 aliphatic rings. The lowest BCUT2D eigenvalue weighted by atomic mass is 10.1. The van der Waals surface area contributed by atoms with E-state index in [9.17, 15) is 19.5 Å². The summed E-state index contributed by atoms with van der Waals surface area (Å²) in [5.74, 6) is -1.50. The SMILES string of the molecule is CCCCCCCCC/C=C/C=C/CCCCCC(=O)OC(COCCC(C(=O)O)[N+](C)(C)C)COC(=O)CCCCCCCCCCCC. The summed E-state index contributed by atoms with van der Waals surface area (Å²) >= 11 is 0. The van der Waals surface area contributed by atoms with Gasteiger partial charge in [-0.05, 0) is 38.5 Å². The zero-order valence-corrected chi connectivity index (χ0v) is 33.1. The number of unbranched alkanes of at least 4 members (excludes halogenated alkanes) is 19. The van der Waals surface area contributed by atoms with Crippen molar-refractivity contribution in [3.63, 3.8) is 0 Å². The van der Waals surface area contributed by atoms with Crippen molar-refractivity contribution in [2.75, 3.05) is 41.0 Å². The number of allylic oxidation sites excluding steroid dienone is 4. The first-order valence-corrected chi connectivity index (χ1v) is 20.4.